The molecule has 2 unspecified atom stereocenters. The van der Waals surface area contributed by atoms with Gasteiger partial charge in [-0.2, -0.15) is 23.7 Å². The molecular weight excluding hydrogens is 1110 g/mol. The molecule has 4 aromatic rings. The van der Waals surface area contributed by atoms with Gasteiger partial charge in [0.2, 0.25) is 6.29 Å². The summed E-state index contributed by atoms with van der Waals surface area (Å²) in [5, 5.41) is 34.9. The van der Waals surface area contributed by atoms with Gasteiger partial charge in [0.25, 0.3) is 0 Å². The number of halogens is 5. The maximum Gasteiger partial charge on any atom is 0.446 e. The Bertz CT molecular complexity index is 2470. The molecule has 2 aliphatic heterocycles. The van der Waals surface area contributed by atoms with Crippen molar-refractivity contribution in [1.29, 1.82) is 10.5 Å². The summed E-state index contributed by atoms with van der Waals surface area (Å²) >= 11 is 13.2. The molecule has 0 radical (unpaired) electrons. The number of rotatable bonds is 24. The van der Waals surface area contributed by atoms with Crippen molar-refractivity contribution in [3.63, 3.8) is 0 Å². The van der Waals surface area contributed by atoms with Crippen LogP contribution in [-0.4, -0.2) is 129 Å². The summed E-state index contributed by atoms with van der Waals surface area (Å²) in [5.41, 5.74) is 10.2. The number of nitrogens with zero attached hydrogens (tertiary/aromatic N) is 6. The fourth-order valence-corrected chi connectivity index (χ4v) is 11.4. The summed E-state index contributed by atoms with van der Waals surface area (Å²) in [7, 11) is 0. The molecule has 6 heterocycles. The first-order valence-corrected chi connectivity index (χ1v) is 29.9. The molecule has 0 aromatic carbocycles. The van der Waals surface area contributed by atoms with Gasteiger partial charge in [-0.15, -0.1) is 0 Å². The minimum atomic E-state index is -4.64. The van der Waals surface area contributed by atoms with Crippen LogP contribution in [0.1, 0.15) is 123 Å². The van der Waals surface area contributed by atoms with E-state index in [9.17, 15) is 23.7 Å². The highest BCUT2D eigenvalue weighted by Gasteiger charge is 2.34. The Morgan fingerprint density at radius 2 is 1.11 bits per heavy atom. The highest BCUT2D eigenvalue weighted by atomic mass is 35.5. The second-order valence-corrected chi connectivity index (χ2v) is 23.2. The van der Waals surface area contributed by atoms with Gasteiger partial charge in [0, 0.05) is 112 Å². The van der Waals surface area contributed by atoms with E-state index in [4.69, 9.17) is 62.6 Å². The van der Waals surface area contributed by atoms with Crippen LogP contribution in [0.3, 0.4) is 0 Å². The lowest BCUT2D eigenvalue weighted by Crippen LogP contribution is -2.41. The molecule has 8 rings (SSSR count). The Kier molecular flexibility index (Phi) is 29.3. The van der Waals surface area contributed by atoms with Gasteiger partial charge < -0.3 is 45.9 Å². The standard InChI is InChI=1S/C30H42ClN5O2.C29H41ClN6O2.C2HF3O.CH4/c1-3-13-38-19-22(2)35-24-9-7-23(8-10-24)16-25-17-26(27(31)18-33-25)28-5-4-6-29(36-28)34-21-30(20-32)11-14-37-15-12-30;1-21(18-38-14-11-31)35-23-7-5-22(6-8-23)15-24-16-25(26(30)17-33-24)27-3-2-4-28(36-27)34-20-29(19-32)9-12-37-13-10-29;3-2(4,5)1-6;/h4-6,17-18,22-24,35H,3,7-16,19,21H2,1-2H3,(H,34,36);2-4,16-17,21-23,35H,5-15,18,20,31H2,1H3,(H,34,36);1H;1H4. The number of hydrogen-bond acceptors (Lipinski definition) is 16. The molecule has 21 heteroatoms. The number of pyridine rings is 4. The molecule has 6 N–H and O–H groups in total. The van der Waals surface area contributed by atoms with Crippen LogP contribution >= 0.6 is 23.2 Å². The van der Waals surface area contributed by atoms with Gasteiger partial charge in [-0.1, -0.05) is 49.7 Å². The second kappa shape index (κ2) is 35.4. The van der Waals surface area contributed by atoms with Gasteiger partial charge in [0.1, 0.15) is 11.6 Å². The Hall–Kier alpha value is -5.06. The van der Waals surface area contributed by atoms with E-state index in [0.717, 1.165) is 117 Å². The minimum Gasteiger partial charge on any atom is -0.381 e. The quantitative estimate of drug-likeness (QED) is 0.0325. The number of hydrogen-bond donors (Lipinski definition) is 5. The number of alkyl halides is 3. The number of nitrogens with two attached hydrogens (primary N) is 1. The van der Waals surface area contributed by atoms with E-state index in [2.05, 4.69) is 76.3 Å². The number of nitriles is 2. The Balaban J connectivity index is 0.000000274. The predicted molar refractivity (Wildman–Crippen MR) is 322 cm³/mol. The smallest absolute Gasteiger partial charge is 0.381 e. The van der Waals surface area contributed by atoms with Crippen molar-refractivity contribution in [3.05, 3.63) is 82.4 Å². The lowest BCUT2D eigenvalue weighted by Gasteiger charge is -2.31. The first-order valence-electron chi connectivity index (χ1n) is 29.2. The summed E-state index contributed by atoms with van der Waals surface area (Å²) in [4.78, 5) is 27.6. The van der Waals surface area contributed by atoms with Gasteiger partial charge in [0.15, 0.2) is 0 Å². The van der Waals surface area contributed by atoms with Crippen LogP contribution in [0.15, 0.2) is 60.9 Å². The number of ether oxygens (including phenoxy) is 4. The third-order valence-corrected chi connectivity index (χ3v) is 16.3. The third kappa shape index (κ3) is 23.4. The molecule has 2 aliphatic carbocycles. The van der Waals surface area contributed by atoms with E-state index >= 15 is 0 Å². The van der Waals surface area contributed by atoms with E-state index in [0.29, 0.717) is 105 Å². The van der Waals surface area contributed by atoms with Crippen molar-refractivity contribution in [2.75, 3.05) is 83.1 Å². The van der Waals surface area contributed by atoms with E-state index in [1.807, 2.05) is 36.4 Å². The molecule has 4 aromatic heterocycles. The van der Waals surface area contributed by atoms with Crippen LogP contribution in [0.25, 0.3) is 22.5 Å². The monoisotopic (exact) mass is 1190 g/mol. The number of nitrogens with one attached hydrogen (secondary N) is 4. The summed E-state index contributed by atoms with van der Waals surface area (Å²) < 4.78 is 53.4. The van der Waals surface area contributed by atoms with Crippen LogP contribution in [0.5, 0.6) is 0 Å². The molecular formula is C62H88Cl2F3N11O5. The SMILES string of the molecule is C.CC(COCCN)NC1CCC(Cc2cc(-c3cccc(NCC4(C#N)CCOCC4)n3)c(Cl)cn2)CC1.CCCOCC(C)NC1CCC(Cc2cc(-c3cccc(NCC4(C#N)CCOCC4)n3)c(Cl)cn2)CC1.O=CC(F)(F)F. The van der Waals surface area contributed by atoms with Crippen LogP contribution in [0.2, 0.25) is 10.0 Å². The summed E-state index contributed by atoms with van der Waals surface area (Å²) in [6, 6.07) is 22.8. The molecule has 16 nitrogen and oxygen atoms in total. The third-order valence-electron chi connectivity index (χ3n) is 15.7. The first kappa shape index (κ1) is 68.7. The lowest BCUT2D eigenvalue weighted by atomic mass is 9.82. The van der Waals surface area contributed by atoms with Gasteiger partial charge in [-0.05, 0) is 158 Å². The van der Waals surface area contributed by atoms with Crippen molar-refractivity contribution < 1.29 is 36.9 Å². The number of aldehydes is 1. The fourth-order valence-electron chi connectivity index (χ4n) is 11.0. The average molecular weight is 1200 g/mol. The number of carbonyl (C=O) groups is 1. The molecule has 0 bridgehead atoms. The lowest BCUT2D eigenvalue weighted by molar-refractivity contribution is -0.156. The zero-order chi connectivity index (χ0) is 58.8. The number of anilines is 2. The highest BCUT2D eigenvalue weighted by Crippen LogP contribution is 2.35. The van der Waals surface area contributed by atoms with Gasteiger partial charge >= 0.3 is 6.18 Å². The van der Waals surface area contributed by atoms with Crippen LogP contribution in [0, 0.1) is 45.3 Å². The zero-order valence-electron chi connectivity index (χ0n) is 47.9. The molecule has 83 heavy (non-hydrogen) atoms. The van der Waals surface area contributed by atoms with Crippen molar-refractivity contribution in [2.45, 2.75) is 155 Å². The number of carbonyl (C=O) groups excluding carboxylic acids is 1. The summed E-state index contributed by atoms with van der Waals surface area (Å²) in [5.74, 6) is 2.73. The molecule has 4 fully saturated rings. The number of aromatic nitrogens is 4. The van der Waals surface area contributed by atoms with Crippen LogP contribution in [0.4, 0.5) is 24.8 Å². The van der Waals surface area contributed by atoms with Gasteiger partial charge in [0.05, 0.1) is 64.2 Å². The molecule has 2 saturated carbocycles. The Labute approximate surface area is 500 Å². The van der Waals surface area contributed by atoms with E-state index in [-0.39, 0.29) is 7.43 Å². The Morgan fingerprint density at radius 3 is 1.47 bits per heavy atom. The van der Waals surface area contributed by atoms with Crippen LogP contribution < -0.4 is 27.0 Å². The van der Waals surface area contributed by atoms with Crippen molar-refractivity contribution in [1.82, 2.24) is 30.6 Å². The minimum absolute atomic E-state index is 0. The molecule has 2 atom stereocenters. The molecule has 0 amide bonds. The predicted octanol–water partition coefficient (Wildman–Crippen LogP) is 12.0. The van der Waals surface area contributed by atoms with Crippen molar-refractivity contribution in [3.8, 4) is 34.7 Å². The second-order valence-electron chi connectivity index (χ2n) is 22.4. The van der Waals surface area contributed by atoms with E-state index in [1.165, 1.54) is 38.5 Å². The van der Waals surface area contributed by atoms with Crippen LogP contribution in [-0.2, 0) is 36.6 Å². The van der Waals surface area contributed by atoms with Gasteiger partial charge in [-0.3, -0.25) is 14.8 Å². The van der Waals surface area contributed by atoms with E-state index < -0.39 is 23.3 Å². The first-order chi connectivity index (χ1) is 39.6. The normalized spacial score (nSPS) is 20.9. The van der Waals surface area contributed by atoms with Crippen molar-refractivity contribution >= 4 is 41.1 Å². The average Bonchev–Trinajstić information content (AvgIpc) is 3.56. The molecule has 4 aliphatic rings. The zero-order valence-corrected chi connectivity index (χ0v) is 49.4. The fraction of sp³-hybridized carbons (Fsp3) is 0.629. The highest BCUT2D eigenvalue weighted by molar-refractivity contribution is 6.33. The summed E-state index contributed by atoms with van der Waals surface area (Å²) in [6.45, 7) is 13.6. The Morgan fingerprint density at radius 1 is 0.711 bits per heavy atom. The van der Waals surface area contributed by atoms with E-state index in [1.54, 1.807) is 12.4 Å². The molecule has 456 valence electrons. The van der Waals surface area contributed by atoms with Gasteiger partial charge in [-0.25, -0.2) is 9.97 Å². The molecule has 2 saturated heterocycles. The summed E-state index contributed by atoms with van der Waals surface area (Å²) in [6.07, 6.45) is 13.2. The topological polar surface area (TPSA) is 227 Å². The maximum absolute atomic E-state index is 10.4. The maximum atomic E-state index is 10.4. The van der Waals surface area contributed by atoms with Crippen molar-refractivity contribution in [2.24, 2.45) is 28.4 Å². The largest absolute Gasteiger partial charge is 0.446 e. The molecule has 0 spiro atoms.